The molecule has 5 nitrogen and oxygen atoms in total. The fourth-order valence-electron chi connectivity index (χ4n) is 3.15. The largest absolute Gasteiger partial charge is 0.433 e. The predicted octanol–water partition coefficient (Wildman–Crippen LogP) is 3.90. The lowest BCUT2D eigenvalue weighted by Crippen LogP contribution is -2.28. The van der Waals surface area contributed by atoms with Gasteiger partial charge in [-0.25, -0.2) is 0 Å². The Bertz CT molecular complexity index is 870. The summed E-state index contributed by atoms with van der Waals surface area (Å²) in [4.78, 5) is 26.6. The number of rotatable bonds is 5. The van der Waals surface area contributed by atoms with Crippen molar-refractivity contribution in [2.75, 3.05) is 16.8 Å². The number of carbonyl (C=O) groups excluding carboxylic acids is 2. The molecule has 0 aliphatic carbocycles. The monoisotopic (exact) mass is 374 g/mol. The Kier molecular flexibility index (Phi) is 5.39. The molecule has 2 amide bonds. The first kappa shape index (κ1) is 18.8. The molecule has 0 bridgehead atoms. The first-order chi connectivity index (χ1) is 12.9. The smallest absolute Gasteiger partial charge is 0.387 e. The SMILES string of the molecule is Cc1cccc(N2CC(C(=O)Nc3ccccc3OC(F)F)CC2=O)c1C. The molecule has 1 fully saturated rings. The average Bonchev–Trinajstić information content (AvgIpc) is 3.00. The summed E-state index contributed by atoms with van der Waals surface area (Å²) in [6.45, 7) is 1.15. The molecule has 1 atom stereocenters. The van der Waals surface area contributed by atoms with Crippen LogP contribution in [0.2, 0.25) is 0 Å². The van der Waals surface area contributed by atoms with E-state index in [-0.39, 0.29) is 30.3 Å². The highest BCUT2D eigenvalue weighted by Crippen LogP contribution is 2.31. The Morgan fingerprint density at radius 2 is 1.93 bits per heavy atom. The van der Waals surface area contributed by atoms with Crippen molar-refractivity contribution in [1.29, 1.82) is 0 Å². The highest BCUT2D eigenvalue weighted by atomic mass is 19.3. The zero-order valence-electron chi connectivity index (χ0n) is 15.0. The van der Waals surface area contributed by atoms with Crippen LogP contribution in [0, 0.1) is 19.8 Å². The number of anilines is 2. The van der Waals surface area contributed by atoms with Gasteiger partial charge < -0.3 is 15.0 Å². The van der Waals surface area contributed by atoms with Crippen molar-refractivity contribution in [2.45, 2.75) is 26.9 Å². The second-order valence-corrected chi connectivity index (χ2v) is 6.49. The van der Waals surface area contributed by atoms with Crippen LogP contribution in [0.1, 0.15) is 17.5 Å². The number of para-hydroxylation sites is 2. The first-order valence-electron chi connectivity index (χ1n) is 8.58. The van der Waals surface area contributed by atoms with Crippen LogP contribution in [0.15, 0.2) is 42.5 Å². The normalized spacial score (nSPS) is 16.7. The zero-order chi connectivity index (χ0) is 19.6. The molecular weight excluding hydrogens is 354 g/mol. The molecule has 1 unspecified atom stereocenters. The minimum atomic E-state index is -2.99. The lowest BCUT2D eigenvalue weighted by molar-refractivity contribution is -0.122. The molecule has 1 aliphatic heterocycles. The summed E-state index contributed by atoms with van der Waals surface area (Å²) in [5.41, 5.74) is 2.99. The van der Waals surface area contributed by atoms with E-state index in [1.165, 1.54) is 18.2 Å². The Morgan fingerprint density at radius 3 is 2.67 bits per heavy atom. The van der Waals surface area contributed by atoms with Crippen LogP contribution < -0.4 is 15.0 Å². The van der Waals surface area contributed by atoms with Crippen molar-refractivity contribution in [1.82, 2.24) is 0 Å². The minimum absolute atomic E-state index is 0.0666. The molecule has 27 heavy (non-hydrogen) atoms. The summed E-state index contributed by atoms with van der Waals surface area (Å²) in [6, 6.07) is 11.7. The van der Waals surface area contributed by atoms with Gasteiger partial charge in [0, 0.05) is 18.7 Å². The fourth-order valence-corrected chi connectivity index (χ4v) is 3.15. The third kappa shape index (κ3) is 4.07. The van der Waals surface area contributed by atoms with Crippen molar-refractivity contribution < 1.29 is 23.1 Å². The van der Waals surface area contributed by atoms with E-state index < -0.39 is 18.4 Å². The van der Waals surface area contributed by atoms with Gasteiger partial charge in [0.2, 0.25) is 11.8 Å². The fraction of sp³-hybridized carbons (Fsp3) is 0.300. The van der Waals surface area contributed by atoms with Gasteiger partial charge in [-0.3, -0.25) is 9.59 Å². The number of nitrogens with zero attached hydrogens (tertiary/aromatic N) is 1. The summed E-state index contributed by atoms with van der Waals surface area (Å²) >= 11 is 0. The Hall–Kier alpha value is -2.96. The number of hydrogen-bond acceptors (Lipinski definition) is 3. The summed E-state index contributed by atoms with van der Waals surface area (Å²) in [5, 5.41) is 2.60. The van der Waals surface area contributed by atoms with Gasteiger partial charge >= 0.3 is 6.61 Å². The Labute approximate surface area is 155 Å². The molecule has 7 heteroatoms. The first-order valence-corrected chi connectivity index (χ1v) is 8.58. The summed E-state index contributed by atoms with van der Waals surface area (Å²) in [6.07, 6.45) is 0.0666. The molecule has 1 N–H and O–H groups in total. The van der Waals surface area contributed by atoms with E-state index in [0.717, 1.165) is 16.8 Å². The van der Waals surface area contributed by atoms with Gasteiger partial charge in [0.1, 0.15) is 5.75 Å². The second kappa shape index (κ2) is 7.73. The predicted molar refractivity (Wildman–Crippen MR) is 98.1 cm³/mol. The summed E-state index contributed by atoms with van der Waals surface area (Å²) in [5.74, 6) is -1.23. The maximum atomic E-state index is 12.6. The van der Waals surface area contributed by atoms with Gasteiger partial charge in [0.05, 0.1) is 11.6 Å². The standard InChI is InChI=1S/C20H20F2N2O3/c1-12-6-5-8-16(13(12)2)24-11-14(10-18(24)25)19(26)23-15-7-3-4-9-17(15)27-20(21)22/h3-9,14,20H,10-11H2,1-2H3,(H,23,26). The Balaban J connectivity index is 1.74. The van der Waals surface area contributed by atoms with Crippen molar-refractivity contribution in [3.05, 3.63) is 53.6 Å². The molecule has 2 aromatic rings. The van der Waals surface area contributed by atoms with Gasteiger partial charge in [-0.15, -0.1) is 0 Å². The number of benzene rings is 2. The number of hydrogen-bond donors (Lipinski definition) is 1. The number of ether oxygens (including phenoxy) is 1. The van der Waals surface area contributed by atoms with Gasteiger partial charge in [-0.2, -0.15) is 8.78 Å². The number of alkyl halides is 2. The van der Waals surface area contributed by atoms with Crippen molar-refractivity contribution in [3.63, 3.8) is 0 Å². The van der Waals surface area contributed by atoms with Gasteiger partial charge in [-0.05, 0) is 43.2 Å². The molecule has 0 saturated carbocycles. The van der Waals surface area contributed by atoms with E-state index in [1.54, 1.807) is 11.0 Å². The zero-order valence-corrected chi connectivity index (χ0v) is 15.0. The molecule has 142 valence electrons. The average molecular weight is 374 g/mol. The van der Waals surface area contributed by atoms with Crippen LogP contribution in [0.3, 0.4) is 0 Å². The molecular formula is C20H20F2N2O3. The number of halogens is 2. The summed E-state index contributed by atoms with van der Waals surface area (Å²) in [7, 11) is 0. The topological polar surface area (TPSA) is 58.6 Å². The maximum absolute atomic E-state index is 12.6. The van der Waals surface area contributed by atoms with Gasteiger partial charge in [-0.1, -0.05) is 24.3 Å². The molecule has 1 aliphatic rings. The third-order valence-corrected chi connectivity index (χ3v) is 4.72. The number of aryl methyl sites for hydroxylation is 1. The number of carbonyl (C=O) groups is 2. The molecule has 0 aromatic heterocycles. The highest BCUT2D eigenvalue weighted by molar-refractivity contribution is 6.04. The lowest BCUT2D eigenvalue weighted by Gasteiger charge is -2.20. The van der Waals surface area contributed by atoms with Crippen LogP contribution >= 0.6 is 0 Å². The molecule has 1 heterocycles. The van der Waals surface area contributed by atoms with Crippen LogP contribution in [-0.4, -0.2) is 25.0 Å². The lowest BCUT2D eigenvalue weighted by atomic mass is 10.1. The van der Waals surface area contributed by atoms with Crippen LogP contribution in [-0.2, 0) is 9.59 Å². The van der Waals surface area contributed by atoms with E-state index in [2.05, 4.69) is 10.1 Å². The van der Waals surface area contributed by atoms with E-state index in [4.69, 9.17) is 0 Å². The maximum Gasteiger partial charge on any atom is 0.387 e. The number of nitrogens with one attached hydrogen (secondary N) is 1. The van der Waals surface area contributed by atoms with Gasteiger partial charge in [0.25, 0.3) is 0 Å². The quantitative estimate of drug-likeness (QED) is 0.864. The van der Waals surface area contributed by atoms with Crippen molar-refractivity contribution in [2.24, 2.45) is 5.92 Å². The Morgan fingerprint density at radius 1 is 1.19 bits per heavy atom. The van der Waals surface area contributed by atoms with Crippen LogP contribution in [0.25, 0.3) is 0 Å². The molecule has 2 aromatic carbocycles. The molecule has 0 radical (unpaired) electrons. The van der Waals surface area contributed by atoms with E-state index in [1.807, 2.05) is 32.0 Å². The van der Waals surface area contributed by atoms with Gasteiger partial charge in [0.15, 0.2) is 0 Å². The van der Waals surface area contributed by atoms with E-state index >= 15 is 0 Å². The van der Waals surface area contributed by atoms with E-state index in [9.17, 15) is 18.4 Å². The molecule has 1 saturated heterocycles. The third-order valence-electron chi connectivity index (χ3n) is 4.72. The van der Waals surface area contributed by atoms with Crippen LogP contribution in [0.4, 0.5) is 20.2 Å². The highest BCUT2D eigenvalue weighted by Gasteiger charge is 2.36. The second-order valence-electron chi connectivity index (χ2n) is 6.49. The molecule has 0 spiro atoms. The van der Waals surface area contributed by atoms with E-state index in [0.29, 0.717) is 0 Å². The van der Waals surface area contributed by atoms with Crippen LogP contribution in [0.5, 0.6) is 5.75 Å². The molecule has 3 rings (SSSR count). The van der Waals surface area contributed by atoms with Crippen molar-refractivity contribution in [3.8, 4) is 5.75 Å². The summed E-state index contributed by atoms with van der Waals surface area (Å²) < 4.78 is 29.5. The number of amides is 2. The minimum Gasteiger partial charge on any atom is -0.433 e. The van der Waals surface area contributed by atoms with Crippen molar-refractivity contribution >= 4 is 23.2 Å².